The molecule has 2 aliphatic rings. The minimum atomic E-state index is -0.739. The fourth-order valence-electron chi connectivity index (χ4n) is 4.62. The van der Waals surface area contributed by atoms with Gasteiger partial charge in [-0.1, -0.05) is 50.2 Å². The molecule has 2 saturated carbocycles. The monoisotopic (exact) mass is 362 g/mol. The molecule has 2 fully saturated rings. The van der Waals surface area contributed by atoms with Gasteiger partial charge < -0.3 is 15.3 Å². The molecule has 4 heteroatoms. The van der Waals surface area contributed by atoms with Crippen molar-refractivity contribution in [2.45, 2.75) is 83.8 Å². The molecule has 0 aromatic heterocycles. The predicted octanol–water partition coefficient (Wildman–Crippen LogP) is 3.77. The third-order valence-corrected chi connectivity index (χ3v) is 6.07. The number of aliphatic hydroxyl groups is 2. The summed E-state index contributed by atoms with van der Waals surface area (Å²) in [6.45, 7) is 4.33. The smallest absolute Gasteiger partial charge is 0.303 e. The molecule has 6 atom stereocenters. The van der Waals surface area contributed by atoms with E-state index in [4.69, 9.17) is 5.11 Å². The number of carbonyl (C=O) groups is 1. The number of allylic oxidation sites excluding steroid dienone is 2. The van der Waals surface area contributed by atoms with Crippen LogP contribution >= 0.6 is 0 Å². The van der Waals surface area contributed by atoms with Crippen molar-refractivity contribution < 1.29 is 20.1 Å². The Bertz CT molecular complexity index is 556. The van der Waals surface area contributed by atoms with E-state index < -0.39 is 18.2 Å². The number of rotatable bonds is 8. The third-order valence-electron chi connectivity index (χ3n) is 6.07. The van der Waals surface area contributed by atoms with E-state index in [1.165, 1.54) is 5.57 Å². The van der Waals surface area contributed by atoms with Crippen LogP contribution in [0, 0.1) is 35.5 Å². The lowest BCUT2D eigenvalue weighted by Crippen LogP contribution is -2.50. The highest BCUT2D eigenvalue weighted by Crippen LogP contribution is 2.55. The van der Waals surface area contributed by atoms with E-state index in [1.54, 1.807) is 0 Å². The molecule has 3 N–H and O–H groups in total. The number of carboxylic acid groups (broad SMARTS) is 1. The second-order valence-corrected chi connectivity index (χ2v) is 7.93. The van der Waals surface area contributed by atoms with Crippen LogP contribution in [0.25, 0.3) is 0 Å². The topological polar surface area (TPSA) is 77.8 Å². The molecule has 0 amide bonds. The van der Waals surface area contributed by atoms with Crippen LogP contribution in [-0.2, 0) is 4.79 Å². The number of aliphatic hydroxyl groups excluding tert-OH is 2. The Morgan fingerprint density at radius 3 is 2.77 bits per heavy atom. The van der Waals surface area contributed by atoms with E-state index in [0.717, 1.165) is 38.5 Å². The Labute approximate surface area is 157 Å². The highest BCUT2D eigenvalue weighted by atomic mass is 16.4. The van der Waals surface area contributed by atoms with Gasteiger partial charge in [0.2, 0.25) is 0 Å². The Morgan fingerprint density at radius 2 is 2.08 bits per heavy atom. The van der Waals surface area contributed by atoms with Crippen LogP contribution in [0.2, 0.25) is 0 Å². The summed E-state index contributed by atoms with van der Waals surface area (Å²) in [7, 11) is 0. The minimum absolute atomic E-state index is 0.0549. The third kappa shape index (κ3) is 5.34. The van der Waals surface area contributed by atoms with Crippen molar-refractivity contribution >= 4 is 5.97 Å². The largest absolute Gasteiger partial charge is 0.481 e. The summed E-state index contributed by atoms with van der Waals surface area (Å²) in [5.74, 6) is 6.61. The fraction of sp³-hybridized carbons (Fsp3) is 0.773. The van der Waals surface area contributed by atoms with Crippen LogP contribution in [0.5, 0.6) is 0 Å². The van der Waals surface area contributed by atoms with Crippen LogP contribution in [0.15, 0.2) is 11.6 Å². The van der Waals surface area contributed by atoms with Gasteiger partial charge in [0.05, 0.1) is 12.0 Å². The molecule has 0 aromatic carbocycles. The molecule has 2 unspecified atom stereocenters. The fourth-order valence-corrected chi connectivity index (χ4v) is 4.62. The molecular formula is C22H34O4. The van der Waals surface area contributed by atoms with E-state index in [9.17, 15) is 15.0 Å². The van der Waals surface area contributed by atoms with Gasteiger partial charge in [0.15, 0.2) is 0 Å². The highest BCUT2D eigenvalue weighted by Gasteiger charge is 2.50. The van der Waals surface area contributed by atoms with E-state index >= 15 is 0 Å². The maximum absolute atomic E-state index is 10.6. The van der Waals surface area contributed by atoms with Crippen molar-refractivity contribution in [3.05, 3.63) is 11.6 Å². The summed E-state index contributed by atoms with van der Waals surface area (Å²) in [6, 6.07) is 0. The molecular weight excluding hydrogens is 328 g/mol. The quantitative estimate of drug-likeness (QED) is 0.349. The summed E-state index contributed by atoms with van der Waals surface area (Å²) in [6.07, 6.45) is 8.62. The molecule has 2 aliphatic carbocycles. The lowest BCUT2D eigenvalue weighted by molar-refractivity contribution is -0.137. The summed E-state index contributed by atoms with van der Waals surface area (Å²) >= 11 is 0. The van der Waals surface area contributed by atoms with Crippen LogP contribution in [0.1, 0.15) is 71.6 Å². The molecule has 146 valence electrons. The molecule has 0 aromatic rings. The average molecular weight is 363 g/mol. The van der Waals surface area contributed by atoms with Gasteiger partial charge in [0, 0.05) is 6.42 Å². The van der Waals surface area contributed by atoms with E-state index in [1.807, 2.05) is 0 Å². The van der Waals surface area contributed by atoms with Crippen LogP contribution in [0.3, 0.4) is 0 Å². The zero-order valence-electron chi connectivity index (χ0n) is 16.2. The van der Waals surface area contributed by atoms with E-state index in [-0.39, 0.29) is 12.3 Å². The second kappa shape index (κ2) is 10.1. The van der Waals surface area contributed by atoms with Crippen LogP contribution < -0.4 is 0 Å². The first kappa shape index (κ1) is 21.0. The van der Waals surface area contributed by atoms with Gasteiger partial charge in [-0.25, -0.2) is 0 Å². The van der Waals surface area contributed by atoms with Gasteiger partial charge >= 0.3 is 5.97 Å². The Kier molecular flexibility index (Phi) is 8.18. The number of hydrogen-bond acceptors (Lipinski definition) is 3. The minimum Gasteiger partial charge on any atom is -0.481 e. The van der Waals surface area contributed by atoms with Gasteiger partial charge in [-0.3, -0.25) is 4.79 Å². The van der Waals surface area contributed by atoms with Crippen molar-refractivity contribution in [2.75, 3.05) is 0 Å². The zero-order chi connectivity index (χ0) is 19.1. The van der Waals surface area contributed by atoms with E-state index in [2.05, 4.69) is 31.8 Å². The molecule has 0 aliphatic heterocycles. The predicted molar refractivity (Wildman–Crippen MR) is 102 cm³/mol. The first-order valence-electron chi connectivity index (χ1n) is 10.2. The number of fused-ring (bicyclic) bond motifs is 1. The lowest BCUT2D eigenvalue weighted by atomic mass is 9.51. The van der Waals surface area contributed by atoms with Crippen molar-refractivity contribution in [3.8, 4) is 11.8 Å². The maximum atomic E-state index is 10.6. The standard InChI is InChI=1S/C22H34O4/c1-3-4-5-8-16(23)11-12-19-20(24)14-13-18-17(15(2)22(18)19)9-6-7-10-21(25)26/h9,15-16,18-20,22-24H,3-8,10,13-14H2,1-2H3,(H,25,26)/t15?,16?,18-,19+,20-,22+/m0/s1. The second-order valence-electron chi connectivity index (χ2n) is 7.93. The molecule has 0 heterocycles. The van der Waals surface area contributed by atoms with Gasteiger partial charge in [-0.05, 0) is 56.3 Å². The Balaban J connectivity index is 1.94. The Hall–Kier alpha value is -1.31. The van der Waals surface area contributed by atoms with Crippen molar-refractivity contribution in [3.63, 3.8) is 0 Å². The normalized spacial score (nSPS) is 32.9. The van der Waals surface area contributed by atoms with Crippen molar-refractivity contribution in [2.24, 2.45) is 23.7 Å². The Morgan fingerprint density at radius 1 is 1.31 bits per heavy atom. The summed E-state index contributed by atoms with van der Waals surface area (Å²) in [5, 5.41) is 29.2. The van der Waals surface area contributed by atoms with Gasteiger partial charge in [-0.15, -0.1) is 0 Å². The number of carboxylic acids is 1. The van der Waals surface area contributed by atoms with Crippen LogP contribution in [-0.4, -0.2) is 33.5 Å². The van der Waals surface area contributed by atoms with Gasteiger partial charge in [-0.2, -0.15) is 0 Å². The SMILES string of the molecule is CCCCCC(O)C#C[C@H]1[C@@H]2C(C)C(=CCCCC(=O)O)[C@@H]2CC[C@@H]1O. The average Bonchev–Trinajstić information content (AvgIpc) is 2.60. The van der Waals surface area contributed by atoms with Crippen molar-refractivity contribution in [1.29, 1.82) is 0 Å². The van der Waals surface area contributed by atoms with Gasteiger partial charge in [0.25, 0.3) is 0 Å². The first-order valence-corrected chi connectivity index (χ1v) is 10.2. The molecule has 26 heavy (non-hydrogen) atoms. The van der Waals surface area contributed by atoms with Crippen molar-refractivity contribution in [1.82, 2.24) is 0 Å². The highest BCUT2D eigenvalue weighted by molar-refractivity contribution is 5.66. The zero-order valence-corrected chi connectivity index (χ0v) is 16.2. The lowest BCUT2D eigenvalue weighted by Gasteiger charge is -2.53. The molecule has 0 bridgehead atoms. The molecule has 0 spiro atoms. The summed E-state index contributed by atoms with van der Waals surface area (Å²) in [4.78, 5) is 10.6. The van der Waals surface area contributed by atoms with Gasteiger partial charge in [0.1, 0.15) is 6.10 Å². The number of aliphatic carboxylic acids is 1. The maximum Gasteiger partial charge on any atom is 0.303 e. The van der Waals surface area contributed by atoms with E-state index in [0.29, 0.717) is 30.6 Å². The first-order chi connectivity index (χ1) is 12.5. The summed E-state index contributed by atoms with van der Waals surface area (Å²) in [5.41, 5.74) is 1.42. The van der Waals surface area contributed by atoms with Crippen LogP contribution in [0.4, 0.5) is 0 Å². The molecule has 0 radical (unpaired) electrons. The summed E-state index contributed by atoms with van der Waals surface area (Å²) < 4.78 is 0. The molecule has 4 nitrogen and oxygen atoms in total. The molecule has 0 saturated heterocycles. The number of unbranched alkanes of at least 4 members (excludes halogenated alkanes) is 3. The number of hydrogen-bond donors (Lipinski definition) is 3. The molecule has 2 rings (SSSR count).